The molecule has 0 heterocycles. The molecule has 0 aliphatic heterocycles. The van der Waals surface area contributed by atoms with Crippen molar-refractivity contribution in [3.63, 3.8) is 0 Å². The zero-order valence-corrected chi connectivity index (χ0v) is 12.6. The Morgan fingerprint density at radius 1 is 1.38 bits per heavy atom. The molecule has 6 nitrogen and oxygen atoms in total. The lowest BCUT2D eigenvalue weighted by Crippen LogP contribution is -2.31. The van der Waals surface area contributed by atoms with E-state index in [-0.39, 0.29) is 24.6 Å². The van der Waals surface area contributed by atoms with E-state index in [1.165, 1.54) is 0 Å². The molecule has 7 heteroatoms. The molecular weight excluding hydrogens is 292 g/mol. The van der Waals surface area contributed by atoms with Gasteiger partial charge in [0.05, 0.1) is 17.4 Å². The third kappa shape index (κ3) is 6.38. The minimum atomic E-state index is -3.52. The van der Waals surface area contributed by atoms with Gasteiger partial charge in [-0.1, -0.05) is 25.5 Å². The first-order chi connectivity index (χ1) is 9.86. The highest BCUT2D eigenvalue weighted by molar-refractivity contribution is 7.88. The van der Waals surface area contributed by atoms with Gasteiger partial charge in [0.2, 0.25) is 10.0 Å². The summed E-state index contributed by atoms with van der Waals surface area (Å²) in [5.41, 5.74) is 1.05. The summed E-state index contributed by atoms with van der Waals surface area (Å²) in [6.45, 7) is 1.93. The van der Waals surface area contributed by atoms with Gasteiger partial charge >= 0.3 is 5.97 Å². The van der Waals surface area contributed by atoms with E-state index in [1.807, 2.05) is 13.0 Å². The molecule has 1 rings (SSSR count). The van der Waals surface area contributed by atoms with Crippen LogP contribution in [0.15, 0.2) is 24.3 Å². The van der Waals surface area contributed by atoms with Gasteiger partial charge in [0.25, 0.3) is 0 Å². The third-order valence-electron chi connectivity index (χ3n) is 3.07. The normalized spacial score (nSPS) is 12.6. The molecule has 1 aromatic rings. The number of nitrogens with zero attached hydrogens (tertiary/aromatic N) is 1. The summed E-state index contributed by atoms with van der Waals surface area (Å²) in [4.78, 5) is 10.6. The topological polar surface area (TPSA) is 107 Å². The fourth-order valence-electron chi connectivity index (χ4n) is 1.80. The molecule has 0 aliphatic rings. The number of nitriles is 1. The first kappa shape index (κ1) is 17.1. The Labute approximate surface area is 124 Å². The Morgan fingerprint density at radius 2 is 2.00 bits per heavy atom. The molecule has 0 aliphatic carbocycles. The van der Waals surface area contributed by atoms with Crippen LogP contribution in [-0.2, 0) is 20.6 Å². The molecule has 21 heavy (non-hydrogen) atoms. The molecule has 1 atom stereocenters. The highest BCUT2D eigenvalue weighted by Crippen LogP contribution is 2.10. The number of sulfonamides is 1. The number of hydrogen-bond acceptors (Lipinski definition) is 4. The van der Waals surface area contributed by atoms with Crippen molar-refractivity contribution in [1.29, 1.82) is 5.26 Å². The molecular formula is C14H18N2O4S. The lowest BCUT2D eigenvalue weighted by atomic mass is 10.0. The standard InChI is InChI=1S/C14H18N2O4S/c1-2-11(7-14(17)18)9-16-21(19,20)10-13-5-3-12(8-15)4-6-13/h3-6,11,16H,2,7,9-10H2,1H3,(H,17,18). The van der Waals surface area contributed by atoms with Gasteiger partial charge in [-0.2, -0.15) is 5.26 Å². The van der Waals surface area contributed by atoms with Crippen molar-refractivity contribution < 1.29 is 18.3 Å². The molecule has 1 unspecified atom stereocenters. The fourth-order valence-corrected chi connectivity index (χ4v) is 3.02. The number of carboxylic acids is 1. The van der Waals surface area contributed by atoms with Crippen molar-refractivity contribution in [1.82, 2.24) is 4.72 Å². The van der Waals surface area contributed by atoms with Gasteiger partial charge in [0.15, 0.2) is 0 Å². The molecule has 2 N–H and O–H groups in total. The summed E-state index contributed by atoms with van der Waals surface area (Å²) in [7, 11) is -3.52. The average molecular weight is 310 g/mol. The van der Waals surface area contributed by atoms with Gasteiger partial charge in [-0.15, -0.1) is 0 Å². The number of carboxylic acid groups (broad SMARTS) is 1. The summed E-state index contributed by atoms with van der Waals surface area (Å²) in [6, 6.07) is 8.26. The average Bonchev–Trinajstić information content (AvgIpc) is 2.43. The van der Waals surface area contributed by atoms with E-state index in [4.69, 9.17) is 10.4 Å². The quantitative estimate of drug-likeness (QED) is 0.756. The lowest BCUT2D eigenvalue weighted by molar-refractivity contribution is -0.138. The summed E-state index contributed by atoms with van der Waals surface area (Å²) >= 11 is 0. The number of nitrogens with one attached hydrogen (secondary N) is 1. The van der Waals surface area contributed by atoms with Gasteiger partial charge in [0.1, 0.15) is 0 Å². The predicted molar refractivity (Wildman–Crippen MR) is 77.8 cm³/mol. The zero-order chi connectivity index (χ0) is 15.9. The summed E-state index contributed by atoms with van der Waals surface area (Å²) < 4.78 is 26.3. The molecule has 0 amide bonds. The van der Waals surface area contributed by atoms with Crippen LogP contribution in [0.1, 0.15) is 30.9 Å². The van der Waals surface area contributed by atoms with E-state index in [0.29, 0.717) is 17.5 Å². The van der Waals surface area contributed by atoms with E-state index in [2.05, 4.69) is 4.72 Å². The van der Waals surface area contributed by atoms with Crippen molar-refractivity contribution in [3.8, 4) is 6.07 Å². The van der Waals surface area contributed by atoms with E-state index in [0.717, 1.165) is 0 Å². The van der Waals surface area contributed by atoms with E-state index in [1.54, 1.807) is 24.3 Å². The first-order valence-corrected chi connectivity index (χ1v) is 8.19. The van der Waals surface area contributed by atoms with Crippen LogP contribution in [0.25, 0.3) is 0 Å². The number of hydrogen-bond donors (Lipinski definition) is 2. The van der Waals surface area contributed by atoms with Crippen molar-refractivity contribution in [3.05, 3.63) is 35.4 Å². The van der Waals surface area contributed by atoms with Crippen molar-refractivity contribution in [2.45, 2.75) is 25.5 Å². The summed E-state index contributed by atoms with van der Waals surface area (Å²) in [5, 5.41) is 17.4. The Bertz CT molecular complexity index is 617. The molecule has 0 bridgehead atoms. The second kappa shape index (κ2) is 7.76. The van der Waals surface area contributed by atoms with Crippen molar-refractivity contribution in [2.24, 2.45) is 5.92 Å². The SMILES string of the molecule is CCC(CNS(=O)(=O)Cc1ccc(C#N)cc1)CC(=O)O. The predicted octanol–water partition coefficient (Wildman–Crippen LogP) is 1.48. The largest absolute Gasteiger partial charge is 0.481 e. The summed E-state index contributed by atoms with van der Waals surface area (Å²) in [5.74, 6) is -1.35. The maximum absolute atomic E-state index is 11.9. The van der Waals surface area contributed by atoms with Crippen molar-refractivity contribution >= 4 is 16.0 Å². The molecule has 0 radical (unpaired) electrons. The lowest BCUT2D eigenvalue weighted by Gasteiger charge is -2.13. The number of carbonyl (C=O) groups is 1. The summed E-state index contributed by atoms with van der Waals surface area (Å²) in [6.07, 6.45) is 0.529. The maximum Gasteiger partial charge on any atom is 0.303 e. The molecule has 0 saturated carbocycles. The number of rotatable bonds is 8. The number of benzene rings is 1. The minimum Gasteiger partial charge on any atom is -0.481 e. The Morgan fingerprint density at radius 3 is 2.48 bits per heavy atom. The third-order valence-corrected chi connectivity index (χ3v) is 4.39. The minimum absolute atomic E-state index is 0.0596. The Hall–Kier alpha value is -1.91. The van der Waals surface area contributed by atoms with Gasteiger partial charge in [-0.25, -0.2) is 13.1 Å². The number of aliphatic carboxylic acids is 1. The molecule has 0 saturated heterocycles. The van der Waals surface area contributed by atoms with Crippen LogP contribution in [0.3, 0.4) is 0 Å². The van der Waals surface area contributed by atoms with Crippen LogP contribution in [0.5, 0.6) is 0 Å². The van der Waals surface area contributed by atoms with Crippen LogP contribution in [0.4, 0.5) is 0 Å². The van der Waals surface area contributed by atoms with Crippen LogP contribution in [-0.4, -0.2) is 26.0 Å². The Balaban J connectivity index is 2.60. The first-order valence-electron chi connectivity index (χ1n) is 6.54. The van der Waals surface area contributed by atoms with Crippen LogP contribution in [0, 0.1) is 17.2 Å². The zero-order valence-electron chi connectivity index (χ0n) is 11.7. The van der Waals surface area contributed by atoms with Crippen LogP contribution in [0.2, 0.25) is 0 Å². The molecule has 1 aromatic carbocycles. The van der Waals surface area contributed by atoms with Crippen molar-refractivity contribution in [2.75, 3.05) is 6.54 Å². The van der Waals surface area contributed by atoms with Crippen LogP contribution < -0.4 is 4.72 Å². The van der Waals surface area contributed by atoms with Gasteiger partial charge in [-0.05, 0) is 23.6 Å². The second-order valence-corrected chi connectivity index (χ2v) is 6.60. The molecule has 114 valence electrons. The smallest absolute Gasteiger partial charge is 0.303 e. The molecule has 0 aromatic heterocycles. The van der Waals surface area contributed by atoms with Crippen LogP contribution >= 0.6 is 0 Å². The van der Waals surface area contributed by atoms with Gasteiger partial charge < -0.3 is 5.11 Å². The Kier molecular flexibility index (Phi) is 6.34. The maximum atomic E-state index is 11.9. The fraction of sp³-hybridized carbons (Fsp3) is 0.429. The van der Waals surface area contributed by atoms with E-state index >= 15 is 0 Å². The van der Waals surface area contributed by atoms with Gasteiger partial charge in [-0.3, -0.25) is 4.79 Å². The highest BCUT2D eigenvalue weighted by Gasteiger charge is 2.16. The molecule has 0 spiro atoms. The highest BCUT2D eigenvalue weighted by atomic mass is 32.2. The van der Waals surface area contributed by atoms with E-state index in [9.17, 15) is 13.2 Å². The molecule has 0 fully saturated rings. The second-order valence-electron chi connectivity index (χ2n) is 4.79. The van der Waals surface area contributed by atoms with E-state index < -0.39 is 16.0 Å². The monoisotopic (exact) mass is 310 g/mol. The van der Waals surface area contributed by atoms with Gasteiger partial charge in [0, 0.05) is 13.0 Å².